The summed E-state index contributed by atoms with van der Waals surface area (Å²) in [7, 11) is 0. The highest BCUT2D eigenvalue weighted by Crippen LogP contribution is 2.13. The molecule has 110 valence electrons. The van der Waals surface area contributed by atoms with Crippen molar-refractivity contribution in [3.8, 4) is 0 Å². The molecule has 0 atom stereocenters. The van der Waals surface area contributed by atoms with Crippen molar-refractivity contribution in [3.05, 3.63) is 101 Å². The lowest BCUT2D eigenvalue weighted by Crippen LogP contribution is -1.93. The summed E-state index contributed by atoms with van der Waals surface area (Å²) in [5.74, 6) is 0. The SMILES string of the molecule is Cc1ccc(CCc2ccc(Cc3ccncc3)cc2)cc1. The zero-order valence-corrected chi connectivity index (χ0v) is 13.0. The molecule has 0 spiro atoms. The van der Waals surface area contributed by atoms with E-state index < -0.39 is 0 Å². The Hall–Kier alpha value is -2.41. The lowest BCUT2D eigenvalue weighted by atomic mass is 10.0. The summed E-state index contributed by atoms with van der Waals surface area (Å²) in [4.78, 5) is 4.06. The Morgan fingerprint density at radius 2 is 1.05 bits per heavy atom. The van der Waals surface area contributed by atoms with Gasteiger partial charge in [-0.3, -0.25) is 4.98 Å². The molecule has 0 aliphatic heterocycles. The van der Waals surface area contributed by atoms with Gasteiger partial charge < -0.3 is 0 Å². The Labute approximate surface area is 132 Å². The summed E-state index contributed by atoms with van der Waals surface area (Å²) in [6, 6.07) is 22.0. The van der Waals surface area contributed by atoms with Crippen molar-refractivity contribution >= 4 is 0 Å². The van der Waals surface area contributed by atoms with Gasteiger partial charge in [-0.05, 0) is 60.6 Å². The van der Waals surface area contributed by atoms with Gasteiger partial charge in [0.1, 0.15) is 0 Å². The minimum Gasteiger partial charge on any atom is -0.265 e. The van der Waals surface area contributed by atoms with Gasteiger partial charge in [0.05, 0.1) is 0 Å². The van der Waals surface area contributed by atoms with Crippen LogP contribution in [0, 0.1) is 6.92 Å². The quantitative estimate of drug-likeness (QED) is 0.659. The zero-order valence-electron chi connectivity index (χ0n) is 13.0. The summed E-state index contributed by atoms with van der Waals surface area (Å²) < 4.78 is 0. The predicted molar refractivity (Wildman–Crippen MR) is 92.1 cm³/mol. The third kappa shape index (κ3) is 4.05. The van der Waals surface area contributed by atoms with Crippen LogP contribution in [0.5, 0.6) is 0 Å². The fraction of sp³-hybridized carbons (Fsp3) is 0.190. The summed E-state index contributed by atoms with van der Waals surface area (Å²) in [6.07, 6.45) is 6.87. The van der Waals surface area contributed by atoms with Crippen LogP contribution in [0.15, 0.2) is 73.1 Å². The van der Waals surface area contributed by atoms with Crippen LogP contribution in [0.1, 0.15) is 27.8 Å². The molecular weight excluding hydrogens is 266 g/mol. The number of rotatable bonds is 5. The van der Waals surface area contributed by atoms with Gasteiger partial charge in [-0.15, -0.1) is 0 Å². The molecule has 0 amide bonds. The number of aromatic nitrogens is 1. The van der Waals surface area contributed by atoms with E-state index in [-0.39, 0.29) is 0 Å². The first-order valence-corrected chi connectivity index (χ1v) is 7.82. The van der Waals surface area contributed by atoms with E-state index in [2.05, 4.69) is 72.6 Å². The fourth-order valence-electron chi connectivity index (χ4n) is 2.60. The second kappa shape index (κ2) is 7.04. The number of aryl methyl sites for hydroxylation is 3. The Morgan fingerprint density at radius 3 is 1.64 bits per heavy atom. The molecule has 3 aromatic rings. The summed E-state index contributed by atoms with van der Waals surface area (Å²) in [5.41, 5.74) is 6.79. The van der Waals surface area contributed by atoms with E-state index in [0.29, 0.717) is 0 Å². The molecular formula is C21H21N. The highest BCUT2D eigenvalue weighted by molar-refractivity contribution is 5.29. The van der Waals surface area contributed by atoms with Crippen LogP contribution >= 0.6 is 0 Å². The van der Waals surface area contributed by atoms with Crippen LogP contribution in [0.25, 0.3) is 0 Å². The Kier molecular flexibility index (Phi) is 4.65. The third-order valence-electron chi connectivity index (χ3n) is 4.00. The number of nitrogens with zero attached hydrogens (tertiary/aromatic N) is 1. The maximum absolute atomic E-state index is 4.06. The Bertz CT molecular complexity index is 697. The highest BCUT2D eigenvalue weighted by Gasteiger charge is 1.99. The highest BCUT2D eigenvalue weighted by atomic mass is 14.6. The molecule has 0 bridgehead atoms. The van der Waals surface area contributed by atoms with Crippen molar-refractivity contribution in [1.29, 1.82) is 0 Å². The van der Waals surface area contributed by atoms with E-state index in [4.69, 9.17) is 0 Å². The lowest BCUT2D eigenvalue weighted by molar-refractivity contribution is 0.957. The van der Waals surface area contributed by atoms with Gasteiger partial charge in [0, 0.05) is 12.4 Å². The molecule has 1 heteroatoms. The molecule has 0 unspecified atom stereocenters. The maximum atomic E-state index is 4.06. The van der Waals surface area contributed by atoms with Gasteiger partial charge in [-0.2, -0.15) is 0 Å². The van der Waals surface area contributed by atoms with Gasteiger partial charge in [0.25, 0.3) is 0 Å². The summed E-state index contributed by atoms with van der Waals surface area (Å²) >= 11 is 0. The second-order valence-electron chi connectivity index (χ2n) is 5.83. The van der Waals surface area contributed by atoms with Gasteiger partial charge in [-0.1, -0.05) is 54.1 Å². The van der Waals surface area contributed by atoms with E-state index in [9.17, 15) is 0 Å². The molecule has 0 N–H and O–H groups in total. The molecule has 0 saturated carbocycles. The minimum absolute atomic E-state index is 0.973. The average Bonchev–Trinajstić information content (AvgIpc) is 2.57. The van der Waals surface area contributed by atoms with Crippen LogP contribution < -0.4 is 0 Å². The second-order valence-corrected chi connectivity index (χ2v) is 5.83. The van der Waals surface area contributed by atoms with Crippen molar-refractivity contribution in [1.82, 2.24) is 4.98 Å². The van der Waals surface area contributed by atoms with Gasteiger partial charge >= 0.3 is 0 Å². The maximum Gasteiger partial charge on any atom is 0.0270 e. The van der Waals surface area contributed by atoms with Crippen LogP contribution in [-0.4, -0.2) is 4.98 Å². The monoisotopic (exact) mass is 287 g/mol. The number of pyridine rings is 1. The van der Waals surface area contributed by atoms with Gasteiger partial charge in [0.15, 0.2) is 0 Å². The van der Waals surface area contributed by atoms with E-state index in [1.54, 1.807) is 0 Å². The summed E-state index contributed by atoms with van der Waals surface area (Å²) in [5, 5.41) is 0. The molecule has 0 radical (unpaired) electrons. The summed E-state index contributed by atoms with van der Waals surface area (Å²) in [6.45, 7) is 2.13. The van der Waals surface area contributed by atoms with Crippen molar-refractivity contribution in [3.63, 3.8) is 0 Å². The zero-order chi connectivity index (χ0) is 15.2. The number of hydrogen-bond acceptors (Lipinski definition) is 1. The molecule has 1 heterocycles. The fourth-order valence-corrected chi connectivity index (χ4v) is 2.60. The van der Waals surface area contributed by atoms with Crippen LogP contribution in [0.3, 0.4) is 0 Å². The molecule has 1 nitrogen and oxygen atoms in total. The molecule has 0 fully saturated rings. The largest absolute Gasteiger partial charge is 0.265 e. The van der Waals surface area contributed by atoms with Crippen LogP contribution in [-0.2, 0) is 19.3 Å². The normalized spacial score (nSPS) is 10.6. The van der Waals surface area contributed by atoms with E-state index in [1.807, 2.05) is 12.4 Å². The van der Waals surface area contributed by atoms with E-state index in [1.165, 1.54) is 27.8 Å². The molecule has 2 aromatic carbocycles. The number of hydrogen-bond donors (Lipinski definition) is 0. The molecule has 3 rings (SSSR count). The molecule has 22 heavy (non-hydrogen) atoms. The van der Waals surface area contributed by atoms with Crippen molar-refractivity contribution in [2.45, 2.75) is 26.2 Å². The standard InChI is InChI=1S/C21H21N/c1-17-2-4-18(5-3-17)6-7-19-8-10-20(11-9-19)16-21-12-14-22-15-13-21/h2-5,8-15H,6-7,16H2,1H3. The van der Waals surface area contributed by atoms with Gasteiger partial charge in [0.2, 0.25) is 0 Å². The average molecular weight is 287 g/mol. The van der Waals surface area contributed by atoms with Gasteiger partial charge in [-0.25, -0.2) is 0 Å². The van der Waals surface area contributed by atoms with Crippen LogP contribution in [0.2, 0.25) is 0 Å². The molecule has 0 aliphatic rings. The van der Waals surface area contributed by atoms with E-state index in [0.717, 1.165) is 19.3 Å². The Morgan fingerprint density at radius 1 is 0.591 bits per heavy atom. The third-order valence-corrected chi connectivity index (χ3v) is 4.00. The Balaban J connectivity index is 1.58. The minimum atomic E-state index is 0.973. The molecule has 1 aromatic heterocycles. The van der Waals surface area contributed by atoms with Crippen molar-refractivity contribution in [2.24, 2.45) is 0 Å². The number of benzene rings is 2. The first-order valence-electron chi connectivity index (χ1n) is 7.82. The van der Waals surface area contributed by atoms with Crippen molar-refractivity contribution in [2.75, 3.05) is 0 Å². The smallest absolute Gasteiger partial charge is 0.0270 e. The first kappa shape index (κ1) is 14.5. The topological polar surface area (TPSA) is 12.9 Å². The van der Waals surface area contributed by atoms with Crippen molar-refractivity contribution < 1.29 is 0 Å². The molecule has 0 aliphatic carbocycles. The first-order chi connectivity index (χ1) is 10.8. The molecule has 0 saturated heterocycles. The lowest BCUT2D eigenvalue weighted by Gasteiger charge is -2.05. The predicted octanol–water partition coefficient (Wildman–Crippen LogP) is 4.77. The van der Waals surface area contributed by atoms with E-state index >= 15 is 0 Å². The van der Waals surface area contributed by atoms with Crippen LogP contribution in [0.4, 0.5) is 0 Å².